The van der Waals surface area contributed by atoms with Crippen LogP contribution in [0.3, 0.4) is 0 Å². The van der Waals surface area contributed by atoms with Crippen LogP contribution in [0.15, 0.2) is 59.4 Å². The second-order valence-electron chi connectivity index (χ2n) is 6.21. The molecule has 1 amide bonds. The predicted molar refractivity (Wildman–Crippen MR) is 102 cm³/mol. The number of para-hydroxylation sites is 1. The standard InChI is InChI=1S/C20H16FN5O2/c21-13-7-5-12(6-8-13)16-11-17(26-25-16)20(28)22-10-9-18-23-15-4-2-1-3-14(15)19(27)24-18/h1-8,11H,9-10H2,(H,22,28)(H,25,26)(H,23,24,27). The first kappa shape index (κ1) is 17.6. The summed E-state index contributed by atoms with van der Waals surface area (Å²) in [5.41, 5.74) is 1.95. The number of hydrogen-bond acceptors (Lipinski definition) is 4. The predicted octanol–water partition coefficient (Wildman–Crippen LogP) is 2.42. The van der Waals surface area contributed by atoms with Gasteiger partial charge in [-0.1, -0.05) is 12.1 Å². The summed E-state index contributed by atoms with van der Waals surface area (Å²) in [6, 6.07) is 14.5. The number of halogens is 1. The molecular formula is C20H16FN5O2. The van der Waals surface area contributed by atoms with Gasteiger partial charge in [-0.15, -0.1) is 0 Å². The van der Waals surface area contributed by atoms with Crippen LogP contribution >= 0.6 is 0 Å². The van der Waals surface area contributed by atoms with Gasteiger partial charge < -0.3 is 10.3 Å². The van der Waals surface area contributed by atoms with Crippen LogP contribution in [0.5, 0.6) is 0 Å². The first-order valence-electron chi connectivity index (χ1n) is 8.67. The molecule has 0 unspecified atom stereocenters. The quantitative estimate of drug-likeness (QED) is 0.497. The van der Waals surface area contributed by atoms with E-state index in [4.69, 9.17) is 0 Å². The lowest BCUT2D eigenvalue weighted by Gasteiger charge is -2.04. The lowest BCUT2D eigenvalue weighted by Crippen LogP contribution is -2.27. The fourth-order valence-electron chi connectivity index (χ4n) is 2.85. The highest BCUT2D eigenvalue weighted by molar-refractivity contribution is 5.93. The van der Waals surface area contributed by atoms with E-state index in [9.17, 15) is 14.0 Å². The van der Waals surface area contributed by atoms with Crippen LogP contribution < -0.4 is 10.9 Å². The van der Waals surface area contributed by atoms with Crippen molar-refractivity contribution in [2.75, 3.05) is 6.54 Å². The molecule has 0 radical (unpaired) electrons. The lowest BCUT2D eigenvalue weighted by atomic mass is 10.1. The van der Waals surface area contributed by atoms with Gasteiger partial charge in [0.1, 0.15) is 17.3 Å². The molecule has 0 saturated carbocycles. The number of carbonyl (C=O) groups is 1. The number of H-pyrrole nitrogens is 2. The Morgan fingerprint density at radius 3 is 2.71 bits per heavy atom. The number of aromatic amines is 2. The van der Waals surface area contributed by atoms with Gasteiger partial charge >= 0.3 is 0 Å². The molecule has 0 saturated heterocycles. The summed E-state index contributed by atoms with van der Waals surface area (Å²) in [5, 5.41) is 10.0. The van der Waals surface area contributed by atoms with Crippen molar-refractivity contribution in [2.45, 2.75) is 6.42 Å². The fourth-order valence-corrected chi connectivity index (χ4v) is 2.85. The molecule has 7 nitrogen and oxygen atoms in total. The molecule has 28 heavy (non-hydrogen) atoms. The Bertz CT molecular complexity index is 1200. The summed E-state index contributed by atoms with van der Waals surface area (Å²) in [7, 11) is 0. The Morgan fingerprint density at radius 1 is 1.11 bits per heavy atom. The van der Waals surface area contributed by atoms with Crippen molar-refractivity contribution in [3.8, 4) is 11.3 Å². The Morgan fingerprint density at radius 2 is 1.89 bits per heavy atom. The molecule has 0 fully saturated rings. The number of amides is 1. The monoisotopic (exact) mass is 377 g/mol. The van der Waals surface area contributed by atoms with Crippen LogP contribution in [0.2, 0.25) is 0 Å². The maximum atomic E-state index is 13.0. The number of fused-ring (bicyclic) bond motifs is 1. The van der Waals surface area contributed by atoms with Crippen molar-refractivity contribution in [2.24, 2.45) is 0 Å². The van der Waals surface area contributed by atoms with E-state index in [1.54, 1.807) is 36.4 Å². The third-order valence-corrected chi connectivity index (χ3v) is 4.27. The topological polar surface area (TPSA) is 104 Å². The molecule has 2 aromatic carbocycles. The molecule has 140 valence electrons. The van der Waals surface area contributed by atoms with Gasteiger partial charge in [-0.25, -0.2) is 9.37 Å². The number of hydrogen-bond donors (Lipinski definition) is 3. The first-order valence-corrected chi connectivity index (χ1v) is 8.67. The Hall–Kier alpha value is -3.81. The molecule has 0 bridgehead atoms. The summed E-state index contributed by atoms with van der Waals surface area (Å²) in [5.74, 6) is -0.165. The van der Waals surface area contributed by atoms with Gasteiger partial charge in [0, 0.05) is 18.5 Å². The van der Waals surface area contributed by atoms with Gasteiger partial charge in [0.25, 0.3) is 11.5 Å². The van der Waals surface area contributed by atoms with Crippen LogP contribution in [-0.2, 0) is 6.42 Å². The van der Waals surface area contributed by atoms with E-state index in [2.05, 4.69) is 25.5 Å². The maximum absolute atomic E-state index is 13.0. The number of benzene rings is 2. The van der Waals surface area contributed by atoms with Crippen molar-refractivity contribution < 1.29 is 9.18 Å². The van der Waals surface area contributed by atoms with Gasteiger partial charge in [0.15, 0.2) is 0 Å². The van der Waals surface area contributed by atoms with Crippen molar-refractivity contribution in [1.29, 1.82) is 0 Å². The van der Waals surface area contributed by atoms with Crippen LogP contribution in [0.25, 0.3) is 22.2 Å². The van der Waals surface area contributed by atoms with Crippen molar-refractivity contribution in [1.82, 2.24) is 25.5 Å². The highest BCUT2D eigenvalue weighted by Gasteiger charge is 2.11. The minimum atomic E-state index is -0.336. The van der Waals surface area contributed by atoms with E-state index in [1.807, 2.05) is 6.07 Å². The number of rotatable bonds is 5. The number of nitrogens with one attached hydrogen (secondary N) is 3. The number of aromatic nitrogens is 4. The average Bonchev–Trinajstić information content (AvgIpc) is 3.19. The first-order chi connectivity index (χ1) is 13.6. The molecular weight excluding hydrogens is 361 g/mol. The summed E-state index contributed by atoms with van der Waals surface area (Å²) >= 11 is 0. The van der Waals surface area contributed by atoms with E-state index < -0.39 is 0 Å². The molecule has 8 heteroatoms. The third-order valence-electron chi connectivity index (χ3n) is 4.27. The molecule has 0 spiro atoms. The van der Waals surface area contributed by atoms with Crippen LogP contribution in [-0.4, -0.2) is 32.6 Å². The van der Waals surface area contributed by atoms with E-state index in [-0.39, 0.29) is 17.3 Å². The van der Waals surface area contributed by atoms with E-state index >= 15 is 0 Å². The third kappa shape index (κ3) is 3.66. The largest absolute Gasteiger partial charge is 0.350 e. The molecule has 0 aliphatic carbocycles. The van der Waals surface area contributed by atoms with E-state index in [1.165, 1.54) is 12.1 Å². The van der Waals surface area contributed by atoms with E-state index in [0.29, 0.717) is 46.6 Å². The molecule has 0 aliphatic heterocycles. The maximum Gasteiger partial charge on any atom is 0.269 e. The zero-order valence-corrected chi connectivity index (χ0v) is 14.7. The normalized spacial score (nSPS) is 10.9. The van der Waals surface area contributed by atoms with Crippen molar-refractivity contribution >= 4 is 16.8 Å². The van der Waals surface area contributed by atoms with Crippen LogP contribution in [0.1, 0.15) is 16.3 Å². The van der Waals surface area contributed by atoms with Gasteiger partial charge in [0.2, 0.25) is 0 Å². The van der Waals surface area contributed by atoms with Crippen LogP contribution in [0, 0.1) is 5.82 Å². The van der Waals surface area contributed by atoms with Gasteiger partial charge in [-0.05, 0) is 42.5 Å². The Balaban J connectivity index is 1.40. The van der Waals surface area contributed by atoms with Crippen molar-refractivity contribution in [3.63, 3.8) is 0 Å². The molecule has 4 aromatic rings. The van der Waals surface area contributed by atoms with Gasteiger partial charge in [0.05, 0.1) is 16.6 Å². The molecule has 2 heterocycles. The number of carbonyl (C=O) groups excluding carboxylic acids is 1. The zero-order valence-electron chi connectivity index (χ0n) is 14.7. The SMILES string of the molecule is O=C(NCCc1nc2ccccc2c(=O)[nH]1)c1cc(-c2ccc(F)cc2)n[nH]1. The van der Waals surface area contributed by atoms with Gasteiger partial charge in [-0.3, -0.25) is 14.7 Å². The molecule has 0 aliphatic rings. The summed E-state index contributed by atoms with van der Waals surface area (Å²) < 4.78 is 13.0. The molecule has 3 N–H and O–H groups in total. The molecule has 2 aromatic heterocycles. The summed E-state index contributed by atoms with van der Waals surface area (Å²) in [4.78, 5) is 31.5. The second kappa shape index (κ2) is 7.43. The highest BCUT2D eigenvalue weighted by atomic mass is 19.1. The zero-order chi connectivity index (χ0) is 19.5. The Kier molecular flexibility index (Phi) is 4.67. The van der Waals surface area contributed by atoms with Crippen LogP contribution in [0.4, 0.5) is 4.39 Å². The van der Waals surface area contributed by atoms with Gasteiger partial charge in [-0.2, -0.15) is 5.10 Å². The minimum absolute atomic E-state index is 0.204. The lowest BCUT2D eigenvalue weighted by molar-refractivity contribution is 0.0949. The molecule has 4 rings (SSSR count). The second-order valence-corrected chi connectivity index (χ2v) is 6.21. The average molecular weight is 377 g/mol. The number of nitrogens with zero attached hydrogens (tertiary/aromatic N) is 2. The summed E-state index contributed by atoms with van der Waals surface area (Å²) in [6.07, 6.45) is 0.380. The highest BCUT2D eigenvalue weighted by Crippen LogP contribution is 2.17. The minimum Gasteiger partial charge on any atom is -0.350 e. The summed E-state index contributed by atoms with van der Waals surface area (Å²) in [6.45, 7) is 0.297. The van der Waals surface area contributed by atoms with E-state index in [0.717, 1.165) is 0 Å². The molecule has 0 atom stereocenters. The van der Waals surface area contributed by atoms with Crippen molar-refractivity contribution in [3.05, 3.63) is 82.3 Å². The Labute approximate surface area is 158 Å². The smallest absolute Gasteiger partial charge is 0.269 e. The fraction of sp³-hybridized carbons (Fsp3) is 0.100.